The van der Waals surface area contributed by atoms with E-state index in [2.05, 4.69) is 11.9 Å². The fourth-order valence-corrected chi connectivity index (χ4v) is 0.992. The molecule has 0 radical (unpaired) electrons. The van der Waals surface area contributed by atoms with E-state index in [4.69, 9.17) is 5.11 Å². The molecule has 0 aromatic rings. The third-order valence-corrected chi connectivity index (χ3v) is 1.70. The monoisotopic (exact) mass is 185 g/mol. The van der Waals surface area contributed by atoms with Crippen LogP contribution in [0.4, 0.5) is 0 Å². The van der Waals surface area contributed by atoms with E-state index < -0.39 is 11.9 Å². The summed E-state index contributed by atoms with van der Waals surface area (Å²) in [5.74, 6) is -1.56. The lowest BCUT2D eigenvalue weighted by Gasteiger charge is -2.14. The highest BCUT2D eigenvalue weighted by Crippen LogP contribution is 2.05. The van der Waals surface area contributed by atoms with E-state index >= 15 is 0 Å². The van der Waals surface area contributed by atoms with Crippen LogP contribution in [0.3, 0.4) is 0 Å². The van der Waals surface area contributed by atoms with Gasteiger partial charge in [-0.1, -0.05) is 13.5 Å². The quantitative estimate of drug-likeness (QED) is 0.622. The van der Waals surface area contributed by atoms with Crippen molar-refractivity contribution in [3.05, 3.63) is 12.7 Å². The molecule has 0 aliphatic rings. The van der Waals surface area contributed by atoms with Crippen LogP contribution in [0.25, 0.3) is 0 Å². The van der Waals surface area contributed by atoms with Crippen LogP contribution in [0.15, 0.2) is 12.7 Å². The molecule has 74 valence electrons. The second-order valence-electron chi connectivity index (χ2n) is 3.09. The molecule has 0 aliphatic heterocycles. The zero-order chi connectivity index (χ0) is 10.4. The molecular formula is C9H15NO3. The summed E-state index contributed by atoms with van der Waals surface area (Å²) in [6.07, 6.45) is 1.59. The van der Waals surface area contributed by atoms with Crippen molar-refractivity contribution in [3.63, 3.8) is 0 Å². The zero-order valence-corrected chi connectivity index (χ0v) is 7.91. The van der Waals surface area contributed by atoms with Crippen molar-refractivity contribution >= 4 is 11.9 Å². The highest BCUT2D eigenvalue weighted by Gasteiger charge is 2.15. The van der Waals surface area contributed by atoms with Crippen LogP contribution in [0, 0.1) is 5.92 Å². The molecule has 2 N–H and O–H groups in total. The highest BCUT2D eigenvalue weighted by atomic mass is 16.4. The molecule has 13 heavy (non-hydrogen) atoms. The van der Waals surface area contributed by atoms with Crippen LogP contribution in [-0.2, 0) is 9.59 Å². The summed E-state index contributed by atoms with van der Waals surface area (Å²) >= 11 is 0. The number of carbonyl (C=O) groups excluding carboxylic acids is 1. The third-order valence-electron chi connectivity index (χ3n) is 1.70. The minimum atomic E-state index is -0.847. The van der Waals surface area contributed by atoms with Crippen molar-refractivity contribution < 1.29 is 14.7 Å². The van der Waals surface area contributed by atoms with E-state index in [1.807, 2.05) is 0 Å². The van der Waals surface area contributed by atoms with Gasteiger partial charge < -0.3 is 10.4 Å². The standard InChI is InChI=1S/C9H15NO3/c1-4-8(11)10-7(3)5-6(2)9(12)13/h4,6-7H,1,5H2,2-3H3,(H,10,11)(H,12,13). The van der Waals surface area contributed by atoms with Crippen molar-refractivity contribution in [2.45, 2.75) is 26.3 Å². The minimum Gasteiger partial charge on any atom is -0.481 e. The first kappa shape index (κ1) is 11.7. The average Bonchev–Trinajstić information content (AvgIpc) is 2.03. The predicted molar refractivity (Wildman–Crippen MR) is 49.2 cm³/mol. The van der Waals surface area contributed by atoms with Crippen molar-refractivity contribution in [1.82, 2.24) is 5.32 Å². The molecule has 4 heteroatoms. The summed E-state index contributed by atoms with van der Waals surface area (Å²) < 4.78 is 0. The van der Waals surface area contributed by atoms with E-state index in [9.17, 15) is 9.59 Å². The lowest BCUT2D eigenvalue weighted by atomic mass is 10.0. The second-order valence-corrected chi connectivity index (χ2v) is 3.09. The maximum atomic E-state index is 10.8. The number of hydrogen-bond donors (Lipinski definition) is 2. The van der Waals surface area contributed by atoms with Gasteiger partial charge >= 0.3 is 5.97 Å². The molecule has 0 aromatic carbocycles. The minimum absolute atomic E-state index is 0.142. The summed E-state index contributed by atoms with van der Waals surface area (Å²) in [7, 11) is 0. The van der Waals surface area contributed by atoms with E-state index in [-0.39, 0.29) is 11.9 Å². The highest BCUT2D eigenvalue weighted by molar-refractivity contribution is 5.87. The maximum Gasteiger partial charge on any atom is 0.306 e. The lowest BCUT2D eigenvalue weighted by molar-refractivity contribution is -0.141. The molecule has 2 atom stereocenters. The molecule has 0 saturated heterocycles. The van der Waals surface area contributed by atoms with E-state index in [1.165, 1.54) is 6.08 Å². The molecule has 2 unspecified atom stereocenters. The number of nitrogens with one attached hydrogen (secondary N) is 1. The van der Waals surface area contributed by atoms with Gasteiger partial charge in [-0.3, -0.25) is 9.59 Å². The van der Waals surface area contributed by atoms with Gasteiger partial charge in [-0.2, -0.15) is 0 Å². The molecule has 0 saturated carbocycles. The summed E-state index contributed by atoms with van der Waals surface area (Å²) in [5.41, 5.74) is 0. The number of carboxylic acid groups (broad SMARTS) is 1. The fraction of sp³-hybridized carbons (Fsp3) is 0.556. The molecule has 0 bridgehead atoms. The summed E-state index contributed by atoms with van der Waals surface area (Å²) in [6, 6.07) is -0.142. The fourth-order valence-electron chi connectivity index (χ4n) is 0.992. The Morgan fingerprint density at radius 3 is 2.46 bits per heavy atom. The van der Waals surface area contributed by atoms with Crippen molar-refractivity contribution in [3.8, 4) is 0 Å². The lowest BCUT2D eigenvalue weighted by Crippen LogP contribution is -2.33. The van der Waals surface area contributed by atoms with Gasteiger partial charge in [0.2, 0.25) is 5.91 Å². The average molecular weight is 185 g/mol. The smallest absolute Gasteiger partial charge is 0.306 e. The molecule has 0 heterocycles. The molecule has 0 fully saturated rings. The Labute approximate surface area is 77.6 Å². The third kappa shape index (κ3) is 5.00. The molecule has 0 aromatic heterocycles. The number of rotatable bonds is 5. The maximum absolute atomic E-state index is 10.8. The van der Waals surface area contributed by atoms with Crippen molar-refractivity contribution in [2.75, 3.05) is 0 Å². The number of amides is 1. The Morgan fingerprint density at radius 1 is 1.54 bits per heavy atom. The van der Waals surface area contributed by atoms with Gasteiger partial charge in [-0.05, 0) is 19.4 Å². The number of carbonyl (C=O) groups is 2. The summed E-state index contributed by atoms with van der Waals surface area (Å²) in [6.45, 7) is 6.67. The van der Waals surface area contributed by atoms with Gasteiger partial charge in [-0.25, -0.2) is 0 Å². The predicted octanol–water partition coefficient (Wildman–Crippen LogP) is 0.788. The molecule has 0 aliphatic carbocycles. The van der Waals surface area contributed by atoms with Gasteiger partial charge in [0.1, 0.15) is 0 Å². The van der Waals surface area contributed by atoms with Crippen LogP contribution < -0.4 is 5.32 Å². The number of hydrogen-bond acceptors (Lipinski definition) is 2. The first-order chi connectivity index (χ1) is 5.97. The summed E-state index contributed by atoms with van der Waals surface area (Å²) in [4.78, 5) is 21.3. The van der Waals surface area contributed by atoms with E-state index in [0.717, 1.165) is 0 Å². The van der Waals surface area contributed by atoms with Gasteiger partial charge in [0.15, 0.2) is 0 Å². The van der Waals surface area contributed by atoms with Gasteiger partial charge in [-0.15, -0.1) is 0 Å². The molecular weight excluding hydrogens is 170 g/mol. The summed E-state index contributed by atoms with van der Waals surface area (Å²) in [5, 5.41) is 11.2. The van der Waals surface area contributed by atoms with Crippen LogP contribution >= 0.6 is 0 Å². The van der Waals surface area contributed by atoms with Gasteiger partial charge in [0.05, 0.1) is 5.92 Å². The van der Waals surface area contributed by atoms with Crippen LogP contribution in [0.5, 0.6) is 0 Å². The van der Waals surface area contributed by atoms with Crippen LogP contribution in [0.2, 0.25) is 0 Å². The SMILES string of the molecule is C=CC(=O)NC(C)CC(C)C(=O)O. The Hall–Kier alpha value is -1.32. The Morgan fingerprint density at radius 2 is 2.08 bits per heavy atom. The topological polar surface area (TPSA) is 66.4 Å². The first-order valence-electron chi connectivity index (χ1n) is 4.13. The molecule has 0 spiro atoms. The van der Waals surface area contributed by atoms with Crippen LogP contribution in [0.1, 0.15) is 20.3 Å². The first-order valence-corrected chi connectivity index (χ1v) is 4.13. The Kier molecular flexibility index (Phi) is 4.80. The van der Waals surface area contributed by atoms with Gasteiger partial charge in [0.25, 0.3) is 0 Å². The van der Waals surface area contributed by atoms with Crippen LogP contribution in [-0.4, -0.2) is 23.0 Å². The molecule has 4 nitrogen and oxygen atoms in total. The van der Waals surface area contributed by atoms with E-state index in [1.54, 1.807) is 13.8 Å². The zero-order valence-electron chi connectivity index (χ0n) is 7.91. The Balaban J connectivity index is 3.86. The van der Waals surface area contributed by atoms with Gasteiger partial charge in [0, 0.05) is 6.04 Å². The molecule has 0 rings (SSSR count). The molecule has 1 amide bonds. The number of carboxylic acids is 1. The number of aliphatic carboxylic acids is 1. The van der Waals surface area contributed by atoms with Crippen molar-refractivity contribution in [1.29, 1.82) is 0 Å². The Bertz CT molecular complexity index is 213. The second kappa shape index (κ2) is 5.35. The largest absolute Gasteiger partial charge is 0.481 e. The normalized spacial score (nSPS) is 14.3. The van der Waals surface area contributed by atoms with E-state index in [0.29, 0.717) is 6.42 Å². The van der Waals surface area contributed by atoms with Crippen molar-refractivity contribution in [2.24, 2.45) is 5.92 Å².